The summed E-state index contributed by atoms with van der Waals surface area (Å²) in [6.07, 6.45) is 9.20. The number of H-pyrrole nitrogens is 1. The molecule has 3 N–H and O–H groups in total. The molecule has 1 saturated carbocycles. The summed E-state index contributed by atoms with van der Waals surface area (Å²) < 4.78 is 24.0. The topological polar surface area (TPSA) is 171 Å². The minimum atomic E-state index is -2.52. The minimum Gasteiger partial charge on any atom is -0.468 e. The number of rotatable bonds is 8. The second kappa shape index (κ2) is 14.9. The van der Waals surface area contributed by atoms with Gasteiger partial charge in [-0.05, 0) is 105 Å². The molecule has 2 aromatic rings. The number of aryl methyl sites for hydroxylation is 2. The van der Waals surface area contributed by atoms with Crippen LogP contribution in [0.25, 0.3) is 10.9 Å². The smallest absolute Gasteiger partial charge is 0.344 e. The number of aromatic nitrogens is 1. The molecule has 9 rings (SSSR count). The summed E-state index contributed by atoms with van der Waals surface area (Å²) in [4.78, 5) is 66.7. The van der Waals surface area contributed by atoms with Gasteiger partial charge < -0.3 is 39.0 Å². The second-order valence-corrected chi connectivity index (χ2v) is 19.4. The van der Waals surface area contributed by atoms with Crippen molar-refractivity contribution < 1.29 is 48.3 Å². The van der Waals surface area contributed by atoms with E-state index in [2.05, 4.69) is 46.8 Å². The van der Waals surface area contributed by atoms with Crippen molar-refractivity contribution in [2.24, 2.45) is 22.7 Å². The minimum absolute atomic E-state index is 0.127. The van der Waals surface area contributed by atoms with E-state index in [1.54, 1.807) is 7.11 Å². The molecule has 1 amide bonds. The Hall–Kier alpha value is -4.34. The third-order valence-corrected chi connectivity index (χ3v) is 16.6. The molecule has 2 bridgehead atoms. The third-order valence-electron chi connectivity index (χ3n) is 16.6. The SMILES string of the molecule is CC[C@]1(O)C[C@H]2CN(CCc3c([nH]c4cc(C)c(C)cc34)[C@@](C(=O)OC)(C3C=C4C(=CC3OC)N(C=O)[C@H]3[C@@](O)(C(=O)OC)[C@H](OC(C)=O)[C@]5(CC)C=CCN6CC[C@]43[C@@H]65)C2)C1. The van der Waals surface area contributed by atoms with Crippen LogP contribution in [-0.2, 0) is 50.0 Å². The summed E-state index contributed by atoms with van der Waals surface area (Å²) in [5.74, 6) is -3.00. The lowest BCUT2D eigenvalue weighted by atomic mass is 9.47. The van der Waals surface area contributed by atoms with Gasteiger partial charge in [0, 0.05) is 85.3 Å². The molecule has 1 spiro atoms. The molecule has 14 nitrogen and oxygen atoms in total. The number of hydrogen-bond acceptors (Lipinski definition) is 12. The van der Waals surface area contributed by atoms with Gasteiger partial charge in [0.25, 0.3) is 0 Å². The van der Waals surface area contributed by atoms with Crippen molar-refractivity contribution in [3.05, 3.63) is 70.1 Å². The molecule has 3 unspecified atom stereocenters. The average molecular weight is 855 g/mol. The van der Waals surface area contributed by atoms with Gasteiger partial charge in [-0.1, -0.05) is 32.1 Å². The van der Waals surface area contributed by atoms with Crippen LogP contribution in [0.2, 0.25) is 0 Å². The molecule has 4 fully saturated rings. The first-order chi connectivity index (χ1) is 29.6. The van der Waals surface area contributed by atoms with E-state index >= 15 is 4.79 Å². The summed E-state index contributed by atoms with van der Waals surface area (Å²) in [5.41, 5.74) is -0.973. The molecule has 14 heteroatoms. The van der Waals surface area contributed by atoms with E-state index in [4.69, 9.17) is 18.9 Å². The maximum absolute atomic E-state index is 15.5. The van der Waals surface area contributed by atoms with Crippen LogP contribution in [0.4, 0.5) is 0 Å². The van der Waals surface area contributed by atoms with Gasteiger partial charge in [0.15, 0.2) is 6.10 Å². The predicted octanol–water partition coefficient (Wildman–Crippen LogP) is 3.78. The van der Waals surface area contributed by atoms with Gasteiger partial charge in [-0.15, -0.1) is 0 Å². The lowest BCUT2D eigenvalue weighted by Gasteiger charge is -2.63. The Bertz CT molecular complexity index is 2320. The largest absolute Gasteiger partial charge is 0.468 e. The maximum atomic E-state index is 15.5. The monoisotopic (exact) mass is 854 g/mol. The van der Waals surface area contributed by atoms with Crippen molar-refractivity contribution in [1.82, 2.24) is 19.7 Å². The highest BCUT2D eigenvalue weighted by molar-refractivity contribution is 5.92. The summed E-state index contributed by atoms with van der Waals surface area (Å²) in [6, 6.07) is 2.63. The van der Waals surface area contributed by atoms with Crippen LogP contribution in [0, 0.1) is 36.5 Å². The average Bonchev–Trinajstić information content (AvgIpc) is 3.92. The van der Waals surface area contributed by atoms with Crippen LogP contribution >= 0.6 is 0 Å². The normalized spacial score (nSPS) is 39.5. The first-order valence-corrected chi connectivity index (χ1v) is 22.3. The fraction of sp³-hybridized carbons (Fsp3) is 0.625. The van der Waals surface area contributed by atoms with Crippen molar-refractivity contribution in [2.45, 2.75) is 114 Å². The van der Waals surface area contributed by atoms with Crippen molar-refractivity contribution >= 4 is 35.2 Å². The van der Waals surface area contributed by atoms with E-state index in [9.17, 15) is 24.6 Å². The Morgan fingerprint density at radius 1 is 0.968 bits per heavy atom. The number of likely N-dealkylation sites (tertiary alicyclic amines) is 1. The predicted molar refractivity (Wildman–Crippen MR) is 229 cm³/mol. The van der Waals surface area contributed by atoms with E-state index < -0.39 is 75.6 Å². The first kappa shape index (κ1) is 42.9. The summed E-state index contributed by atoms with van der Waals surface area (Å²) >= 11 is 0. The standard InChI is InChI=1S/C48H62N4O10/c1-9-44(57)22-30-23-47(42(55)60-7,38-31(12-16-50(24-30)25-44)32-18-27(3)28(4)19-35(32)49-38)34-20-33-36(21-37(34)59-6)52(26-53)40-46(33)14-17-51-15-11-13-45(10-2,39(46)51)41(62-29(5)54)48(40,58)43(56)61-8/h11,13,18-21,26,30,34,37,39-41,49,57-58H,9-10,12,14-17,22-25H2,1-8H3/t30-,34?,37?,39+,40-,41-,44+,45-,46-,47+,48+/m1/s1. The van der Waals surface area contributed by atoms with E-state index in [1.165, 1.54) is 26.0 Å². The number of fused-ring (bicyclic) bond motifs is 6. The Labute approximate surface area is 363 Å². The highest BCUT2D eigenvalue weighted by atomic mass is 16.6. The van der Waals surface area contributed by atoms with Crippen LogP contribution in [-0.4, -0.2) is 144 Å². The van der Waals surface area contributed by atoms with E-state index in [-0.39, 0.29) is 5.92 Å². The Kier molecular flexibility index (Phi) is 10.3. The molecule has 1 aromatic carbocycles. The molecule has 62 heavy (non-hydrogen) atoms. The molecule has 3 saturated heterocycles. The molecule has 6 heterocycles. The lowest BCUT2D eigenvalue weighted by molar-refractivity contribution is -0.242. The van der Waals surface area contributed by atoms with Gasteiger partial charge in [-0.3, -0.25) is 24.2 Å². The van der Waals surface area contributed by atoms with Crippen molar-refractivity contribution in [1.29, 1.82) is 0 Å². The van der Waals surface area contributed by atoms with E-state index in [0.717, 1.165) is 38.9 Å². The number of carbonyl (C=O) groups excluding carboxylic acids is 4. The molecule has 334 valence electrons. The van der Waals surface area contributed by atoms with Crippen LogP contribution < -0.4 is 0 Å². The van der Waals surface area contributed by atoms with Crippen molar-refractivity contribution in [3.8, 4) is 0 Å². The van der Waals surface area contributed by atoms with E-state index in [1.807, 2.05) is 32.1 Å². The quantitative estimate of drug-likeness (QED) is 0.152. The van der Waals surface area contributed by atoms with Gasteiger partial charge >= 0.3 is 17.9 Å². The van der Waals surface area contributed by atoms with Crippen molar-refractivity contribution in [2.75, 3.05) is 54.1 Å². The Balaban J connectivity index is 1.35. The molecule has 7 aliphatic rings. The Morgan fingerprint density at radius 2 is 1.71 bits per heavy atom. The number of allylic oxidation sites excluding steroid dienone is 1. The van der Waals surface area contributed by atoms with Crippen LogP contribution in [0.1, 0.15) is 75.3 Å². The number of aromatic amines is 1. The molecular formula is C48H62N4O10. The van der Waals surface area contributed by atoms with Crippen molar-refractivity contribution in [3.63, 3.8) is 0 Å². The number of esters is 3. The highest BCUT2D eigenvalue weighted by Crippen LogP contribution is 2.70. The summed E-state index contributed by atoms with van der Waals surface area (Å²) in [7, 11) is 4.20. The number of carbonyl (C=O) groups is 4. The van der Waals surface area contributed by atoms with Crippen LogP contribution in [0.3, 0.4) is 0 Å². The first-order valence-electron chi connectivity index (χ1n) is 22.3. The molecular weight excluding hydrogens is 793 g/mol. The van der Waals surface area contributed by atoms with Crippen LogP contribution in [0.5, 0.6) is 0 Å². The van der Waals surface area contributed by atoms with E-state index in [0.29, 0.717) is 83.4 Å². The number of amides is 1. The van der Waals surface area contributed by atoms with Gasteiger partial charge in [-0.2, -0.15) is 0 Å². The molecule has 0 radical (unpaired) electrons. The molecule has 1 aromatic heterocycles. The number of aliphatic hydroxyl groups is 2. The zero-order chi connectivity index (χ0) is 44.3. The second-order valence-electron chi connectivity index (χ2n) is 19.4. The number of piperidine rings is 1. The van der Waals surface area contributed by atoms with Crippen LogP contribution in [0.15, 0.2) is 47.7 Å². The Morgan fingerprint density at radius 3 is 2.37 bits per heavy atom. The number of nitrogens with one attached hydrogen (secondary N) is 1. The zero-order valence-corrected chi connectivity index (χ0v) is 37.3. The number of ether oxygens (including phenoxy) is 4. The lowest BCUT2D eigenvalue weighted by Crippen LogP contribution is -2.80. The fourth-order valence-electron chi connectivity index (χ4n) is 14.1. The van der Waals surface area contributed by atoms with Gasteiger partial charge in [0.1, 0.15) is 5.41 Å². The maximum Gasteiger partial charge on any atom is 0.344 e. The number of methoxy groups -OCH3 is 3. The van der Waals surface area contributed by atoms with Gasteiger partial charge in [0.05, 0.1) is 32.0 Å². The number of hydrogen-bond donors (Lipinski definition) is 3. The molecule has 12 atom stereocenters. The zero-order valence-electron chi connectivity index (χ0n) is 37.3. The number of benzene rings is 1. The summed E-state index contributed by atoms with van der Waals surface area (Å²) in [5, 5.41) is 26.4. The fourth-order valence-corrected chi connectivity index (χ4v) is 14.1. The van der Waals surface area contributed by atoms with Gasteiger partial charge in [-0.25, -0.2) is 4.79 Å². The highest BCUT2D eigenvalue weighted by Gasteiger charge is 2.82. The van der Waals surface area contributed by atoms with Gasteiger partial charge in [0.2, 0.25) is 12.0 Å². The molecule has 5 aliphatic heterocycles. The molecule has 2 aliphatic carbocycles. The number of nitrogens with zero attached hydrogens (tertiary/aromatic N) is 3. The summed E-state index contributed by atoms with van der Waals surface area (Å²) in [6.45, 7) is 12.4. The third kappa shape index (κ3) is 5.58.